The van der Waals surface area contributed by atoms with Crippen molar-refractivity contribution < 1.29 is 14.3 Å². The fraction of sp³-hybridized carbons (Fsp3) is 0.500. The molecule has 30 heavy (non-hydrogen) atoms. The van der Waals surface area contributed by atoms with Gasteiger partial charge in [-0.15, -0.1) is 0 Å². The molecule has 1 saturated heterocycles. The molecule has 3 heterocycles. The lowest BCUT2D eigenvalue weighted by molar-refractivity contribution is 0.0978. The van der Waals surface area contributed by atoms with Crippen molar-refractivity contribution in [2.45, 2.75) is 44.2 Å². The third-order valence-corrected chi connectivity index (χ3v) is 6.17. The predicted octanol–water partition coefficient (Wildman–Crippen LogP) is 2.98. The fourth-order valence-corrected chi connectivity index (χ4v) is 4.16. The normalized spacial score (nSPS) is 21.5. The molecule has 3 aliphatic rings. The Morgan fingerprint density at radius 1 is 1.20 bits per heavy atom. The summed E-state index contributed by atoms with van der Waals surface area (Å²) < 4.78 is 12.0. The summed E-state index contributed by atoms with van der Waals surface area (Å²) in [6, 6.07) is 7.56. The molecule has 2 amide bonds. The van der Waals surface area contributed by atoms with E-state index in [2.05, 4.69) is 22.5 Å². The van der Waals surface area contributed by atoms with Crippen LogP contribution in [0.3, 0.4) is 0 Å². The minimum Gasteiger partial charge on any atom is -0.471 e. The van der Waals surface area contributed by atoms with Crippen molar-refractivity contribution in [2.75, 3.05) is 37.0 Å². The number of morpholine rings is 1. The maximum absolute atomic E-state index is 11.5. The minimum atomic E-state index is -0.250. The van der Waals surface area contributed by atoms with E-state index < -0.39 is 0 Å². The van der Waals surface area contributed by atoms with Crippen molar-refractivity contribution in [1.29, 1.82) is 0 Å². The van der Waals surface area contributed by atoms with Crippen LogP contribution in [0.5, 0.6) is 5.88 Å². The summed E-state index contributed by atoms with van der Waals surface area (Å²) >= 11 is 0. The summed E-state index contributed by atoms with van der Waals surface area (Å²) in [5, 5.41) is 5.32. The van der Waals surface area contributed by atoms with E-state index in [0.29, 0.717) is 24.7 Å². The van der Waals surface area contributed by atoms with E-state index >= 15 is 0 Å². The summed E-state index contributed by atoms with van der Waals surface area (Å²) in [4.78, 5) is 23.7. The van der Waals surface area contributed by atoms with Crippen LogP contribution in [0.4, 0.5) is 16.3 Å². The molecule has 1 spiro atoms. The Morgan fingerprint density at radius 3 is 2.70 bits per heavy atom. The van der Waals surface area contributed by atoms with Gasteiger partial charge in [0.1, 0.15) is 11.4 Å². The number of fused-ring (bicyclic) bond motifs is 1. The highest BCUT2D eigenvalue weighted by Gasteiger charge is 2.49. The van der Waals surface area contributed by atoms with Crippen LogP contribution in [-0.2, 0) is 11.2 Å². The van der Waals surface area contributed by atoms with Gasteiger partial charge in [-0.1, -0.05) is 0 Å². The van der Waals surface area contributed by atoms with Gasteiger partial charge < -0.3 is 25.0 Å². The van der Waals surface area contributed by atoms with Gasteiger partial charge in [0.15, 0.2) is 5.82 Å². The van der Waals surface area contributed by atoms with E-state index in [1.165, 1.54) is 0 Å². The molecule has 2 fully saturated rings. The van der Waals surface area contributed by atoms with Gasteiger partial charge in [-0.3, -0.25) is 0 Å². The number of anilines is 2. The molecule has 0 radical (unpaired) electrons. The lowest BCUT2D eigenvalue weighted by Crippen LogP contribution is -2.45. The Kier molecular flexibility index (Phi) is 4.73. The van der Waals surface area contributed by atoms with Crippen LogP contribution in [0.2, 0.25) is 0 Å². The van der Waals surface area contributed by atoms with Crippen LogP contribution < -0.4 is 20.3 Å². The molecule has 8 nitrogen and oxygen atoms in total. The van der Waals surface area contributed by atoms with E-state index in [1.807, 2.05) is 24.3 Å². The van der Waals surface area contributed by atoms with E-state index in [1.54, 1.807) is 7.05 Å². The van der Waals surface area contributed by atoms with E-state index in [4.69, 9.17) is 19.4 Å². The average molecular weight is 409 g/mol. The van der Waals surface area contributed by atoms with Gasteiger partial charge >= 0.3 is 6.03 Å². The van der Waals surface area contributed by atoms with Crippen molar-refractivity contribution in [2.24, 2.45) is 0 Å². The SMILES string of the molecule is CNC(=O)Nc1ccc(-c2nc3c(c(N4CCOC[C@@H]4C)n2)CCC2(CC2)O3)cc1. The van der Waals surface area contributed by atoms with Crippen molar-refractivity contribution >= 4 is 17.5 Å². The smallest absolute Gasteiger partial charge is 0.318 e. The second-order valence-electron chi connectivity index (χ2n) is 8.34. The fourth-order valence-electron chi connectivity index (χ4n) is 4.16. The van der Waals surface area contributed by atoms with Gasteiger partial charge in [0, 0.05) is 24.8 Å². The summed E-state index contributed by atoms with van der Waals surface area (Å²) in [5.41, 5.74) is 2.71. The second kappa shape index (κ2) is 7.43. The maximum atomic E-state index is 11.5. The molecule has 5 rings (SSSR count). The van der Waals surface area contributed by atoms with Crippen molar-refractivity contribution in [1.82, 2.24) is 15.3 Å². The second-order valence-corrected chi connectivity index (χ2v) is 8.34. The number of urea groups is 1. The summed E-state index contributed by atoms with van der Waals surface area (Å²) in [6.07, 6.45) is 4.20. The lowest BCUT2D eigenvalue weighted by Gasteiger charge is -2.37. The molecule has 0 unspecified atom stereocenters. The van der Waals surface area contributed by atoms with Crippen LogP contribution >= 0.6 is 0 Å². The molecule has 1 aliphatic carbocycles. The number of aromatic nitrogens is 2. The monoisotopic (exact) mass is 409 g/mol. The highest BCUT2D eigenvalue weighted by atomic mass is 16.5. The van der Waals surface area contributed by atoms with Gasteiger partial charge in [-0.25, -0.2) is 9.78 Å². The molecule has 8 heteroatoms. The molecule has 1 aromatic heterocycles. The number of ether oxygens (including phenoxy) is 2. The Bertz CT molecular complexity index is 958. The van der Waals surface area contributed by atoms with Crippen LogP contribution in [0.15, 0.2) is 24.3 Å². The number of benzene rings is 1. The molecule has 0 bridgehead atoms. The molecule has 1 atom stereocenters. The van der Waals surface area contributed by atoms with E-state index in [-0.39, 0.29) is 17.7 Å². The molecular weight excluding hydrogens is 382 g/mol. The molecule has 2 N–H and O–H groups in total. The Balaban J connectivity index is 1.52. The minimum absolute atomic E-state index is 0.00614. The average Bonchev–Trinajstić information content (AvgIpc) is 3.52. The van der Waals surface area contributed by atoms with Gasteiger partial charge in [0.25, 0.3) is 0 Å². The third-order valence-electron chi connectivity index (χ3n) is 6.17. The number of rotatable bonds is 3. The Hall–Kier alpha value is -2.87. The zero-order valence-electron chi connectivity index (χ0n) is 17.4. The standard InChI is InChI=1S/C22H27N5O3/c1-14-13-29-12-11-27(14)19-17-7-8-22(9-10-22)30-20(17)26-18(25-19)15-3-5-16(6-4-15)24-21(28)23-2/h3-6,14H,7-13H2,1-2H3,(H2,23,24,28)/t14-/m0/s1. The highest BCUT2D eigenvalue weighted by Crippen LogP contribution is 2.49. The van der Waals surface area contributed by atoms with Crippen LogP contribution in [0, 0.1) is 0 Å². The number of hydrogen-bond donors (Lipinski definition) is 2. The third kappa shape index (κ3) is 3.56. The van der Waals surface area contributed by atoms with Crippen LogP contribution in [0.25, 0.3) is 11.4 Å². The first-order chi connectivity index (χ1) is 14.6. The maximum Gasteiger partial charge on any atom is 0.318 e. The molecular formula is C22H27N5O3. The van der Waals surface area contributed by atoms with E-state index in [9.17, 15) is 4.79 Å². The number of amides is 2. The molecule has 1 saturated carbocycles. The number of nitrogens with one attached hydrogen (secondary N) is 2. The largest absolute Gasteiger partial charge is 0.471 e. The number of carbonyl (C=O) groups is 1. The van der Waals surface area contributed by atoms with Crippen molar-refractivity contribution in [3.8, 4) is 17.3 Å². The van der Waals surface area contributed by atoms with Gasteiger partial charge in [0.2, 0.25) is 5.88 Å². The zero-order valence-corrected chi connectivity index (χ0v) is 17.4. The number of carbonyl (C=O) groups excluding carboxylic acids is 1. The van der Waals surface area contributed by atoms with Crippen molar-refractivity contribution in [3.63, 3.8) is 0 Å². The zero-order chi connectivity index (χ0) is 20.7. The van der Waals surface area contributed by atoms with Crippen molar-refractivity contribution in [3.05, 3.63) is 29.8 Å². The summed E-state index contributed by atoms with van der Waals surface area (Å²) in [5.74, 6) is 2.34. The van der Waals surface area contributed by atoms with E-state index in [0.717, 1.165) is 55.1 Å². The predicted molar refractivity (Wildman–Crippen MR) is 114 cm³/mol. The molecule has 2 aliphatic heterocycles. The first-order valence-electron chi connectivity index (χ1n) is 10.6. The number of nitrogens with zero attached hydrogens (tertiary/aromatic N) is 3. The van der Waals surface area contributed by atoms with Crippen LogP contribution in [0.1, 0.15) is 31.7 Å². The summed E-state index contributed by atoms with van der Waals surface area (Å²) in [6.45, 7) is 4.37. The number of hydrogen-bond acceptors (Lipinski definition) is 6. The first kappa shape index (κ1) is 19.1. The Labute approximate surface area is 176 Å². The van der Waals surface area contributed by atoms with Crippen LogP contribution in [-0.4, -0.2) is 54.4 Å². The summed E-state index contributed by atoms with van der Waals surface area (Å²) in [7, 11) is 1.59. The lowest BCUT2D eigenvalue weighted by atomic mass is 10.0. The molecule has 2 aromatic rings. The van der Waals surface area contributed by atoms with Gasteiger partial charge in [-0.2, -0.15) is 4.98 Å². The highest BCUT2D eigenvalue weighted by molar-refractivity contribution is 5.89. The first-order valence-corrected chi connectivity index (χ1v) is 10.6. The van der Waals surface area contributed by atoms with Gasteiger partial charge in [0.05, 0.1) is 24.8 Å². The van der Waals surface area contributed by atoms with Gasteiger partial charge in [-0.05, 0) is 56.9 Å². The quantitative estimate of drug-likeness (QED) is 0.810. The Morgan fingerprint density at radius 2 is 2.00 bits per heavy atom. The topological polar surface area (TPSA) is 88.6 Å². The molecule has 1 aromatic carbocycles. The molecule has 158 valence electrons.